The SMILES string of the molecule is O=C(c1ccccc1)[C@@H]1[C@@H](c2ccc(Cl)cc2)[C@H]([N+](=O)[O-])[C@H]2C=Cc3ccccc3N21. The van der Waals surface area contributed by atoms with Crippen LogP contribution in [0.5, 0.6) is 0 Å². The van der Waals surface area contributed by atoms with Crippen LogP contribution in [0, 0.1) is 10.1 Å². The van der Waals surface area contributed by atoms with Crippen LogP contribution in [0.15, 0.2) is 84.9 Å². The van der Waals surface area contributed by atoms with Gasteiger partial charge in [-0.25, -0.2) is 0 Å². The van der Waals surface area contributed by atoms with Crippen molar-refractivity contribution in [2.75, 3.05) is 4.90 Å². The third-order valence-corrected chi connectivity index (χ3v) is 6.44. The molecule has 4 atom stereocenters. The van der Waals surface area contributed by atoms with Gasteiger partial charge in [-0.3, -0.25) is 14.9 Å². The molecule has 0 N–H and O–H groups in total. The summed E-state index contributed by atoms with van der Waals surface area (Å²) < 4.78 is 0. The highest BCUT2D eigenvalue weighted by Crippen LogP contribution is 2.47. The van der Waals surface area contributed by atoms with Gasteiger partial charge in [-0.05, 0) is 29.3 Å². The van der Waals surface area contributed by atoms with Crippen LogP contribution in [-0.2, 0) is 0 Å². The number of hydrogen-bond acceptors (Lipinski definition) is 4. The van der Waals surface area contributed by atoms with Crippen LogP contribution in [-0.4, -0.2) is 28.8 Å². The first kappa shape index (κ1) is 19.5. The second-order valence-electron chi connectivity index (χ2n) is 7.84. The molecule has 0 aromatic heterocycles. The van der Waals surface area contributed by atoms with E-state index in [0.29, 0.717) is 10.6 Å². The number of carbonyl (C=O) groups excluding carboxylic acids is 1. The lowest BCUT2D eigenvalue weighted by Gasteiger charge is -2.34. The Morgan fingerprint density at radius 3 is 2.32 bits per heavy atom. The quantitative estimate of drug-likeness (QED) is 0.323. The fraction of sp³-hybridized carbons (Fsp3) is 0.160. The number of fused-ring (bicyclic) bond motifs is 3. The summed E-state index contributed by atoms with van der Waals surface area (Å²) in [5, 5.41) is 12.9. The van der Waals surface area contributed by atoms with E-state index in [9.17, 15) is 14.9 Å². The van der Waals surface area contributed by atoms with E-state index in [1.807, 2.05) is 59.5 Å². The van der Waals surface area contributed by atoms with Crippen molar-refractivity contribution in [1.29, 1.82) is 0 Å². The second kappa shape index (κ2) is 7.67. The molecule has 0 aliphatic carbocycles. The molecule has 2 aliphatic rings. The minimum Gasteiger partial charge on any atom is -0.346 e. The van der Waals surface area contributed by atoms with Crippen LogP contribution in [0.2, 0.25) is 5.02 Å². The summed E-state index contributed by atoms with van der Waals surface area (Å²) in [6.07, 6.45) is 3.78. The monoisotopic (exact) mass is 430 g/mol. The first-order valence-corrected chi connectivity index (χ1v) is 10.5. The lowest BCUT2D eigenvalue weighted by molar-refractivity contribution is -0.524. The van der Waals surface area contributed by atoms with Gasteiger partial charge in [0, 0.05) is 21.2 Å². The highest BCUT2D eigenvalue weighted by molar-refractivity contribution is 6.30. The Kier molecular flexibility index (Phi) is 4.83. The number of anilines is 1. The Morgan fingerprint density at radius 2 is 1.61 bits per heavy atom. The molecular formula is C25H19ClN2O3. The average molecular weight is 431 g/mol. The number of hydrogen-bond donors (Lipinski definition) is 0. The third-order valence-electron chi connectivity index (χ3n) is 6.19. The standard InChI is InChI=1S/C25H19ClN2O3/c26-19-13-10-17(11-14-19)22-23(28(30)31)21-15-12-16-6-4-5-9-20(16)27(21)24(22)25(29)18-7-2-1-3-8-18/h1-15,21-24H/t21-,22+,23-,24+/m1/s1. The van der Waals surface area contributed by atoms with Crippen LogP contribution in [0.1, 0.15) is 27.4 Å². The zero-order valence-corrected chi connectivity index (χ0v) is 17.2. The van der Waals surface area contributed by atoms with Gasteiger partial charge in [-0.1, -0.05) is 84.4 Å². The number of Topliss-reactive ketones (excluding diaryl/α,β-unsaturated/α-hetero) is 1. The van der Waals surface area contributed by atoms with Gasteiger partial charge >= 0.3 is 0 Å². The van der Waals surface area contributed by atoms with E-state index in [2.05, 4.69) is 0 Å². The molecule has 3 aromatic rings. The molecule has 5 nitrogen and oxygen atoms in total. The van der Waals surface area contributed by atoms with Crippen molar-refractivity contribution in [2.24, 2.45) is 0 Å². The van der Waals surface area contributed by atoms with E-state index < -0.39 is 24.0 Å². The Morgan fingerprint density at radius 1 is 0.935 bits per heavy atom. The molecule has 0 amide bonds. The Labute approximate surface area is 184 Å². The summed E-state index contributed by atoms with van der Waals surface area (Å²) in [6.45, 7) is 0. The maximum Gasteiger partial charge on any atom is 0.245 e. The van der Waals surface area contributed by atoms with Crippen molar-refractivity contribution in [2.45, 2.75) is 24.0 Å². The van der Waals surface area contributed by atoms with Crippen molar-refractivity contribution < 1.29 is 9.72 Å². The number of halogens is 1. The minimum absolute atomic E-state index is 0.125. The molecular weight excluding hydrogens is 412 g/mol. The van der Waals surface area contributed by atoms with Gasteiger partial charge in [0.25, 0.3) is 0 Å². The van der Waals surface area contributed by atoms with Crippen LogP contribution in [0.3, 0.4) is 0 Å². The molecule has 2 aliphatic heterocycles. The third kappa shape index (κ3) is 3.22. The Balaban J connectivity index is 1.72. The molecule has 6 heteroatoms. The molecule has 31 heavy (non-hydrogen) atoms. The van der Waals surface area contributed by atoms with E-state index in [1.54, 1.807) is 36.4 Å². The van der Waals surface area contributed by atoms with Crippen LogP contribution >= 0.6 is 11.6 Å². The zero-order valence-electron chi connectivity index (χ0n) is 16.5. The molecule has 0 radical (unpaired) electrons. The lowest BCUT2D eigenvalue weighted by Crippen LogP contribution is -2.44. The number of nitrogens with zero attached hydrogens (tertiary/aromatic N) is 2. The van der Waals surface area contributed by atoms with Crippen LogP contribution in [0.4, 0.5) is 5.69 Å². The number of rotatable bonds is 4. The largest absolute Gasteiger partial charge is 0.346 e. The summed E-state index contributed by atoms with van der Waals surface area (Å²) in [7, 11) is 0. The number of carbonyl (C=O) groups is 1. The normalized spacial score (nSPS) is 23.8. The van der Waals surface area contributed by atoms with Gasteiger partial charge in [0.1, 0.15) is 12.1 Å². The van der Waals surface area contributed by atoms with E-state index in [4.69, 9.17) is 11.6 Å². The van der Waals surface area contributed by atoms with Gasteiger partial charge in [0.15, 0.2) is 5.78 Å². The van der Waals surface area contributed by atoms with Gasteiger partial charge < -0.3 is 4.90 Å². The van der Waals surface area contributed by atoms with E-state index in [1.165, 1.54) is 0 Å². The zero-order chi connectivity index (χ0) is 21.5. The molecule has 0 unspecified atom stereocenters. The Hall–Kier alpha value is -3.44. The number of para-hydroxylation sites is 1. The van der Waals surface area contributed by atoms with E-state index >= 15 is 0 Å². The first-order valence-electron chi connectivity index (χ1n) is 10.1. The molecule has 1 saturated heterocycles. The topological polar surface area (TPSA) is 63.4 Å². The minimum atomic E-state index is -0.969. The summed E-state index contributed by atoms with van der Waals surface area (Å²) in [6, 6.07) is 21.5. The molecule has 1 fully saturated rings. The highest BCUT2D eigenvalue weighted by Gasteiger charge is 2.58. The molecule has 0 saturated carbocycles. The predicted molar refractivity (Wildman–Crippen MR) is 121 cm³/mol. The van der Waals surface area contributed by atoms with Crippen molar-refractivity contribution in [1.82, 2.24) is 0 Å². The molecule has 5 rings (SSSR count). The van der Waals surface area contributed by atoms with Crippen molar-refractivity contribution in [3.8, 4) is 0 Å². The van der Waals surface area contributed by atoms with Crippen molar-refractivity contribution in [3.05, 3.63) is 117 Å². The van der Waals surface area contributed by atoms with E-state index in [-0.39, 0.29) is 10.7 Å². The molecule has 0 bridgehead atoms. The molecule has 154 valence electrons. The predicted octanol–water partition coefficient (Wildman–Crippen LogP) is 5.24. The summed E-state index contributed by atoms with van der Waals surface area (Å²) in [5.74, 6) is -0.749. The van der Waals surface area contributed by atoms with Crippen molar-refractivity contribution >= 4 is 29.1 Å². The van der Waals surface area contributed by atoms with Crippen LogP contribution in [0.25, 0.3) is 6.08 Å². The number of benzene rings is 3. The fourth-order valence-corrected chi connectivity index (χ4v) is 5.01. The summed E-state index contributed by atoms with van der Waals surface area (Å²) in [5.41, 5.74) is 3.07. The smallest absolute Gasteiger partial charge is 0.245 e. The summed E-state index contributed by atoms with van der Waals surface area (Å²) >= 11 is 6.08. The fourth-order valence-electron chi connectivity index (χ4n) is 4.89. The molecule has 3 aromatic carbocycles. The van der Waals surface area contributed by atoms with Gasteiger partial charge in [-0.15, -0.1) is 0 Å². The first-order chi connectivity index (χ1) is 15.1. The van der Waals surface area contributed by atoms with Gasteiger partial charge in [-0.2, -0.15) is 0 Å². The number of nitro groups is 1. The van der Waals surface area contributed by atoms with Crippen molar-refractivity contribution in [3.63, 3.8) is 0 Å². The average Bonchev–Trinajstić information content (AvgIpc) is 3.15. The number of ketones is 1. The van der Waals surface area contributed by atoms with E-state index in [0.717, 1.165) is 16.8 Å². The Bertz CT molecular complexity index is 1180. The highest BCUT2D eigenvalue weighted by atomic mass is 35.5. The molecule has 0 spiro atoms. The molecule has 2 heterocycles. The van der Waals surface area contributed by atoms with Gasteiger partial charge in [0.2, 0.25) is 6.04 Å². The maximum atomic E-state index is 13.8. The maximum absolute atomic E-state index is 13.8. The lowest BCUT2D eigenvalue weighted by atomic mass is 9.84. The summed E-state index contributed by atoms with van der Waals surface area (Å²) in [4.78, 5) is 27.8. The second-order valence-corrected chi connectivity index (χ2v) is 8.28. The van der Waals surface area contributed by atoms with Gasteiger partial charge in [0.05, 0.1) is 5.92 Å². The van der Waals surface area contributed by atoms with Crippen LogP contribution < -0.4 is 4.90 Å².